The molecule has 1 rings (SSSR count). The number of nitriles is 1. The van der Waals surface area contributed by atoms with Crippen LogP contribution in [0.1, 0.15) is 39.5 Å². The van der Waals surface area contributed by atoms with Gasteiger partial charge in [0.2, 0.25) is 0 Å². The molecule has 1 fully saturated rings. The molecule has 1 aliphatic heterocycles. The molecule has 0 amide bonds. The van der Waals surface area contributed by atoms with Gasteiger partial charge in [-0.05, 0) is 38.6 Å². The Kier molecular flexibility index (Phi) is 5.07. The van der Waals surface area contributed by atoms with Crippen molar-refractivity contribution < 1.29 is 0 Å². The largest absolute Gasteiger partial charge is 0.328 e. The molecule has 0 aromatic rings. The summed E-state index contributed by atoms with van der Waals surface area (Å²) in [5.74, 6) is 0.617. The highest BCUT2D eigenvalue weighted by Gasteiger charge is 2.26. The molecule has 0 saturated carbocycles. The third-order valence-corrected chi connectivity index (χ3v) is 3.55. The maximum Gasteiger partial charge on any atom is 0.0638 e. The molecule has 0 aliphatic carbocycles. The van der Waals surface area contributed by atoms with Crippen LogP contribution in [-0.2, 0) is 0 Å². The van der Waals surface area contributed by atoms with Crippen molar-refractivity contribution in [3.63, 3.8) is 0 Å². The quantitative estimate of drug-likeness (QED) is 0.767. The highest BCUT2D eigenvalue weighted by molar-refractivity contribution is 4.86. The van der Waals surface area contributed by atoms with Gasteiger partial charge in [-0.25, -0.2) is 0 Å². The standard InChI is InChI=1S/C12H23N3/c1-3-12(6-7-13)15-8-4-5-11(9-15)10(2)14/h10-12H,3-6,8-9,14H2,1-2H3. The maximum atomic E-state index is 8.77. The lowest BCUT2D eigenvalue weighted by Crippen LogP contribution is -2.46. The first kappa shape index (κ1) is 12.5. The first-order chi connectivity index (χ1) is 7.19. The van der Waals surface area contributed by atoms with Gasteiger partial charge in [-0.15, -0.1) is 0 Å². The van der Waals surface area contributed by atoms with Crippen molar-refractivity contribution in [3.8, 4) is 6.07 Å². The minimum Gasteiger partial charge on any atom is -0.328 e. The third-order valence-electron chi connectivity index (χ3n) is 3.55. The first-order valence-corrected chi connectivity index (χ1v) is 6.05. The molecule has 15 heavy (non-hydrogen) atoms. The molecule has 0 radical (unpaired) electrons. The van der Waals surface area contributed by atoms with Crippen LogP contribution in [0, 0.1) is 17.2 Å². The Hall–Kier alpha value is -0.590. The van der Waals surface area contributed by atoms with E-state index in [1.165, 1.54) is 12.8 Å². The Balaban J connectivity index is 2.50. The van der Waals surface area contributed by atoms with Crippen LogP contribution in [0.2, 0.25) is 0 Å². The molecule has 3 nitrogen and oxygen atoms in total. The molecule has 1 heterocycles. The summed E-state index contributed by atoms with van der Waals surface area (Å²) in [6, 6.07) is 3.01. The summed E-state index contributed by atoms with van der Waals surface area (Å²) in [7, 11) is 0. The van der Waals surface area contributed by atoms with Crippen LogP contribution < -0.4 is 5.73 Å². The number of piperidine rings is 1. The van der Waals surface area contributed by atoms with Gasteiger partial charge in [0.1, 0.15) is 0 Å². The molecular formula is C12H23N3. The van der Waals surface area contributed by atoms with E-state index in [4.69, 9.17) is 11.0 Å². The first-order valence-electron chi connectivity index (χ1n) is 6.05. The predicted molar refractivity (Wildman–Crippen MR) is 62.3 cm³/mol. The highest BCUT2D eigenvalue weighted by Crippen LogP contribution is 2.22. The molecule has 3 atom stereocenters. The zero-order valence-corrected chi connectivity index (χ0v) is 9.95. The van der Waals surface area contributed by atoms with E-state index in [1.54, 1.807) is 0 Å². The fraction of sp³-hybridized carbons (Fsp3) is 0.917. The molecule has 1 aliphatic rings. The lowest BCUT2D eigenvalue weighted by molar-refractivity contribution is 0.112. The molecule has 0 spiro atoms. The fourth-order valence-corrected chi connectivity index (χ4v) is 2.44. The number of hydrogen-bond acceptors (Lipinski definition) is 3. The van der Waals surface area contributed by atoms with E-state index >= 15 is 0 Å². The third kappa shape index (κ3) is 3.48. The van der Waals surface area contributed by atoms with E-state index in [-0.39, 0.29) is 6.04 Å². The van der Waals surface area contributed by atoms with Gasteiger partial charge >= 0.3 is 0 Å². The molecule has 1 saturated heterocycles. The summed E-state index contributed by atoms with van der Waals surface area (Å²) in [4.78, 5) is 2.46. The minimum atomic E-state index is 0.285. The molecule has 0 aromatic heterocycles. The SMILES string of the molecule is CCC(CC#N)N1CCCC(C(C)N)C1. The number of nitrogens with zero attached hydrogens (tertiary/aromatic N) is 2. The maximum absolute atomic E-state index is 8.77. The van der Waals surface area contributed by atoms with Gasteiger partial charge in [0.25, 0.3) is 0 Å². The van der Waals surface area contributed by atoms with Crippen LogP contribution in [0.25, 0.3) is 0 Å². The topological polar surface area (TPSA) is 53.0 Å². The van der Waals surface area contributed by atoms with Crippen LogP contribution in [0.15, 0.2) is 0 Å². The normalized spacial score (nSPS) is 26.9. The molecule has 0 bridgehead atoms. The monoisotopic (exact) mass is 209 g/mol. The smallest absolute Gasteiger partial charge is 0.0638 e. The van der Waals surface area contributed by atoms with Crippen molar-refractivity contribution in [2.24, 2.45) is 11.7 Å². The van der Waals surface area contributed by atoms with Crippen LogP contribution in [0.5, 0.6) is 0 Å². The summed E-state index contributed by atoms with van der Waals surface area (Å²) in [6.07, 6.45) is 4.20. The number of nitrogens with two attached hydrogens (primary N) is 1. The van der Waals surface area contributed by atoms with Gasteiger partial charge in [-0.3, -0.25) is 4.90 Å². The average molecular weight is 209 g/mol. The molecule has 3 heteroatoms. The highest BCUT2D eigenvalue weighted by atomic mass is 15.2. The van der Waals surface area contributed by atoms with Gasteiger partial charge in [0, 0.05) is 18.6 Å². The van der Waals surface area contributed by atoms with Crippen molar-refractivity contribution >= 4 is 0 Å². The second-order valence-corrected chi connectivity index (χ2v) is 4.68. The van der Waals surface area contributed by atoms with Crippen molar-refractivity contribution in [2.75, 3.05) is 13.1 Å². The molecule has 2 N–H and O–H groups in total. The van der Waals surface area contributed by atoms with E-state index in [9.17, 15) is 0 Å². The summed E-state index contributed by atoms with van der Waals surface area (Å²) in [5, 5.41) is 8.77. The Bertz CT molecular complexity index is 219. The number of likely N-dealkylation sites (tertiary alicyclic amines) is 1. The van der Waals surface area contributed by atoms with Crippen LogP contribution in [0.4, 0.5) is 0 Å². The Morgan fingerprint density at radius 1 is 1.60 bits per heavy atom. The zero-order valence-electron chi connectivity index (χ0n) is 9.95. The molecule has 0 aromatic carbocycles. The van der Waals surface area contributed by atoms with Crippen LogP contribution in [-0.4, -0.2) is 30.1 Å². The van der Waals surface area contributed by atoms with Gasteiger partial charge in [-0.2, -0.15) is 5.26 Å². The van der Waals surface area contributed by atoms with E-state index in [0.29, 0.717) is 18.4 Å². The second kappa shape index (κ2) is 6.09. The second-order valence-electron chi connectivity index (χ2n) is 4.68. The molecule has 3 unspecified atom stereocenters. The molecule has 86 valence electrons. The summed E-state index contributed by atoms with van der Waals surface area (Å²) in [6.45, 7) is 6.48. The van der Waals surface area contributed by atoms with E-state index in [2.05, 4.69) is 24.8 Å². The summed E-state index contributed by atoms with van der Waals surface area (Å²) in [5.41, 5.74) is 5.95. The van der Waals surface area contributed by atoms with Gasteiger partial charge in [0.15, 0.2) is 0 Å². The fourth-order valence-electron chi connectivity index (χ4n) is 2.44. The van der Waals surface area contributed by atoms with Crippen LogP contribution >= 0.6 is 0 Å². The molecular weight excluding hydrogens is 186 g/mol. The average Bonchev–Trinajstić information content (AvgIpc) is 2.26. The van der Waals surface area contributed by atoms with Gasteiger partial charge in [-0.1, -0.05) is 6.92 Å². The Morgan fingerprint density at radius 2 is 2.33 bits per heavy atom. The van der Waals surface area contributed by atoms with Crippen molar-refractivity contribution in [3.05, 3.63) is 0 Å². The van der Waals surface area contributed by atoms with Gasteiger partial charge < -0.3 is 5.73 Å². The van der Waals surface area contributed by atoms with Crippen LogP contribution in [0.3, 0.4) is 0 Å². The zero-order chi connectivity index (χ0) is 11.3. The number of hydrogen-bond donors (Lipinski definition) is 1. The van der Waals surface area contributed by atoms with Crippen molar-refractivity contribution in [1.82, 2.24) is 4.90 Å². The lowest BCUT2D eigenvalue weighted by Gasteiger charge is -2.38. The van der Waals surface area contributed by atoms with E-state index < -0.39 is 0 Å². The minimum absolute atomic E-state index is 0.285. The summed E-state index contributed by atoms with van der Waals surface area (Å²) < 4.78 is 0. The van der Waals surface area contributed by atoms with Gasteiger partial charge in [0.05, 0.1) is 12.5 Å². The Morgan fingerprint density at radius 3 is 2.87 bits per heavy atom. The van der Waals surface area contributed by atoms with Crippen molar-refractivity contribution in [1.29, 1.82) is 5.26 Å². The number of rotatable bonds is 4. The van der Waals surface area contributed by atoms with E-state index in [0.717, 1.165) is 19.5 Å². The summed E-state index contributed by atoms with van der Waals surface area (Å²) >= 11 is 0. The van der Waals surface area contributed by atoms with E-state index in [1.807, 2.05) is 0 Å². The Labute approximate surface area is 93.2 Å². The van der Waals surface area contributed by atoms with Crippen molar-refractivity contribution in [2.45, 2.75) is 51.6 Å². The predicted octanol–water partition coefficient (Wildman–Crippen LogP) is 1.74. The lowest BCUT2D eigenvalue weighted by atomic mass is 9.90.